The Morgan fingerprint density at radius 1 is 1.06 bits per heavy atom. The molecule has 0 saturated carbocycles. The lowest BCUT2D eigenvalue weighted by atomic mass is 10.0. The Morgan fingerprint density at radius 2 is 1.75 bits per heavy atom. The van der Waals surface area contributed by atoms with Crippen molar-refractivity contribution >= 4 is 11.6 Å². The standard InChI is InChI=1S/C13H11ClO2/c1-16-13-11(3-2-4-12(13)14)9-5-7-10(15)8-6-9/h2-8,15H,1H3. The number of aromatic hydroxyl groups is 1. The molecule has 0 spiro atoms. The van der Waals surface area contributed by atoms with Gasteiger partial charge in [0.25, 0.3) is 0 Å². The summed E-state index contributed by atoms with van der Waals surface area (Å²) in [5.41, 5.74) is 1.87. The number of phenols is 1. The lowest BCUT2D eigenvalue weighted by molar-refractivity contribution is 0.416. The number of benzene rings is 2. The molecule has 2 nitrogen and oxygen atoms in total. The first kappa shape index (κ1) is 10.8. The summed E-state index contributed by atoms with van der Waals surface area (Å²) in [6.07, 6.45) is 0. The number of rotatable bonds is 2. The van der Waals surface area contributed by atoms with E-state index in [2.05, 4.69) is 0 Å². The Labute approximate surface area is 99.1 Å². The number of ether oxygens (including phenoxy) is 1. The van der Waals surface area contributed by atoms with Crippen LogP contribution in [0.3, 0.4) is 0 Å². The Kier molecular flexibility index (Phi) is 3.02. The van der Waals surface area contributed by atoms with Gasteiger partial charge >= 0.3 is 0 Å². The zero-order valence-electron chi connectivity index (χ0n) is 8.77. The molecule has 0 heterocycles. The van der Waals surface area contributed by atoms with E-state index in [1.54, 1.807) is 25.3 Å². The van der Waals surface area contributed by atoms with Gasteiger partial charge in [0.15, 0.2) is 0 Å². The predicted molar refractivity (Wildman–Crippen MR) is 65.1 cm³/mol. The highest BCUT2D eigenvalue weighted by atomic mass is 35.5. The van der Waals surface area contributed by atoms with E-state index < -0.39 is 0 Å². The molecule has 0 aliphatic rings. The van der Waals surface area contributed by atoms with Crippen LogP contribution in [0.4, 0.5) is 0 Å². The monoisotopic (exact) mass is 234 g/mol. The number of para-hydroxylation sites is 1. The summed E-state index contributed by atoms with van der Waals surface area (Å²) in [6, 6.07) is 12.5. The van der Waals surface area contributed by atoms with Crippen molar-refractivity contribution in [3.63, 3.8) is 0 Å². The molecular weight excluding hydrogens is 224 g/mol. The molecule has 82 valence electrons. The van der Waals surface area contributed by atoms with Crippen LogP contribution in [-0.2, 0) is 0 Å². The number of halogens is 1. The van der Waals surface area contributed by atoms with Gasteiger partial charge in [-0.1, -0.05) is 35.9 Å². The van der Waals surface area contributed by atoms with Crippen LogP contribution < -0.4 is 4.74 Å². The van der Waals surface area contributed by atoms with Gasteiger partial charge in [0.05, 0.1) is 12.1 Å². The van der Waals surface area contributed by atoms with Crippen molar-refractivity contribution in [1.82, 2.24) is 0 Å². The van der Waals surface area contributed by atoms with Crippen molar-refractivity contribution in [2.75, 3.05) is 7.11 Å². The van der Waals surface area contributed by atoms with Gasteiger partial charge in [0, 0.05) is 5.56 Å². The lowest BCUT2D eigenvalue weighted by Crippen LogP contribution is -1.88. The molecule has 3 heteroatoms. The molecule has 2 rings (SSSR count). The molecule has 2 aromatic carbocycles. The summed E-state index contributed by atoms with van der Waals surface area (Å²) in [5, 5.41) is 9.80. The molecule has 16 heavy (non-hydrogen) atoms. The van der Waals surface area contributed by atoms with Crippen LogP contribution >= 0.6 is 11.6 Å². The first-order chi connectivity index (χ1) is 7.72. The van der Waals surface area contributed by atoms with Crippen LogP contribution in [0.25, 0.3) is 11.1 Å². The molecule has 0 amide bonds. The molecule has 0 aliphatic carbocycles. The second kappa shape index (κ2) is 4.45. The van der Waals surface area contributed by atoms with E-state index >= 15 is 0 Å². The van der Waals surface area contributed by atoms with Crippen LogP contribution in [0.5, 0.6) is 11.5 Å². The smallest absolute Gasteiger partial charge is 0.145 e. The fraction of sp³-hybridized carbons (Fsp3) is 0.0769. The average Bonchev–Trinajstić information content (AvgIpc) is 2.30. The maximum Gasteiger partial charge on any atom is 0.145 e. The largest absolute Gasteiger partial charge is 0.508 e. The predicted octanol–water partition coefficient (Wildman–Crippen LogP) is 3.72. The third kappa shape index (κ3) is 1.97. The molecule has 0 atom stereocenters. The maximum absolute atomic E-state index is 9.23. The fourth-order valence-electron chi connectivity index (χ4n) is 1.58. The normalized spacial score (nSPS) is 10.1. The van der Waals surface area contributed by atoms with Crippen molar-refractivity contribution in [1.29, 1.82) is 0 Å². The Morgan fingerprint density at radius 3 is 2.38 bits per heavy atom. The van der Waals surface area contributed by atoms with Gasteiger partial charge in [0.1, 0.15) is 11.5 Å². The molecule has 0 fully saturated rings. The van der Waals surface area contributed by atoms with Gasteiger partial charge < -0.3 is 9.84 Å². The number of methoxy groups -OCH3 is 1. The molecule has 0 aliphatic heterocycles. The zero-order chi connectivity index (χ0) is 11.5. The minimum atomic E-state index is 0.241. The van der Waals surface area contributed by atoms with E-state index in [0.29, 0.717) is 10.8 Å². The Bertz CT molecular complexity index is 492. The van der Waals surface area contributed by atoms with Gasteiger partial charge in [0.2, 0.25) is 0 Å². The van der Waals surface area contributed by atoms with E-state index in [4.69, 9.17) is 16.3 Å². The molecule has 2 aromatic rings. The average molecular weight is 235 g/mol. The summed E-state index contributed by atoms with van der Waals surface area (Å²) in [4.78, 5) is 0. The summed E-state index contributed by atoms with van der Waals surface area (Å²) in [7, 11) is 1.59. The first-order valence-electron chi connectivity index (χ1n) is 4.84. The van der Waals surface area contributed by atoms with Gasteiger partial charge in [-0.2, -0.15) is 0 Å². The SMILES string of the molecule is COc1c(Cl)cccc1-c1ccc(O)cc1. The molecule has 0 aromatic heterocycles. The zero-order valence-corrected chi connectivity index (χ0v) is 9.53. The van der Waals surface area contributed by atoms with E-state index in [9.17, 15) is 5.11 Å². The third-order valence-electron chi connectivity index (χ3n) is 2.35. The minimum absolute atomic E-state index is 0.241. The second-order valence-corrected chi connectivity index (χ2v) is 3.77. The third-order valence-corrected chi connectivity index (χ3v) is 2.65. The number of hydrogen-bond acceptors (Lipinski definition) is 2. The van der Waals surface area contributed by atoms with Crippen LogP contribution in [-0.4, -0.2) is 12.2 Å². The fourth-order valence-corrected chi connectivity index (χ4v) is 1.84. The van der Waals surface area contributed by atoms with Crippen molar-refractivity contribution in [3.05, 3.63) is 47.5 Å². The summed E-state index contributed by atoms with van der Waals surface area (Å²) in [5.74, 6) is 0.889. The Hall–Kier alpha value is -1.67. The number of hydrogen-bond donors (Lipinski definition) is 1. The van der Waals surface area contributed by atoms with Crippen molar-refractivity contribution in [3.8, 4) is 22.6 Å². The van der Waals surface area contributed by atoms with E-state index in [-0.39, 0.29) is 5.75 Å². The molecule has 0 saturated heterocycles. The van der Waals surface area contributed by atoms with Gasteiger partial charge in [-0.25, -0.2) is 0 Å². The second-order valence-electron chi connectivity index (χ2n) is 3.37. The quantitative estimate of drug-likeness (QED) is 0.858. The summed E-state index contributed by atoms with van der Waals surface area (Å²) < 4.78 is 5.27. The van der Waals surface area contributed by atoms with Crippen molar-refractivity contribution < 1.29 is 9.84 Å². The van der Waals surface area contributed by atoms with E-state index in [0.717, 1.165) is 11.1 Å². The topological polar surface area (TPSA) is 29.5 Å². The van der Waals surface area contributed by atoms with Gasteiger partial charge in [-0.05, 0) is 23.8 Å². The van der Waals surface area contributed by atoms with Gasteiger partial charge in [-0.3, -0.25) is 0 Å². The van der Waals surface area contributed by atoms with Crippen LogP contribution in [0.1, 0.15) is 0 Å². The van der Waals surface area contributed by atoms with Crippen LogP contribution in [0.15, 0.2) is 42.5 Å². The van der Waals surface area contributed by atoms with E-state index in [1.165, 1.54) is 0 Å². The first-order valence-corrected chi connectivity index (χ1v) is 5.22. The highest BCUT2D eigenvalue weighted by molar-refractivity contribution is 6.32. The van der Waals surface area contributed by atoms with Gasteiger partial charge in [-0.15, -0.1) is 0 Å². The van der Waals surface area contributed by atoms with Crippen LogP contribution in [0, 0.1) is 0 Å². The highest BCUT2D eigenvalue weighted by Gasteiger charge is 2.08. The summed E-state index contributed by atoms with van der Waals surface area (Å²) in [6.45, 7) is 0. The Balaban J connectivity index is 2.55. The van der Waals surface area contributed by atoms with Crippen LogP contribution in [0.2, 0.25) is 5.02 Å². The van der Waals surface area contributed by atoms with Crippen molar-refractivity contribution in [2.24, 2.45) is 0 Å². The molecule has 0 bridgehead atoms. The highest BCUT2D eigenvalue weighted by Crippen LogP contribution is 2.36. The molecule has 0 unspecified atom stereocenters. The summed E-state index contributed by atoms with van der Waals surface area (Å²) >= 11 is 6.04. The van der Waals surface area contributed by atoms with E-state index in [1.807, 2.05) is 24.3 Å². The molecular formula is C13H11ClO2. The number of phenolic OH excluding ortho intramolecular Hbond substituents is 1. The lowest BCUT2D eigenvalue weighted by Gasteiger charge is -2.10. The minimum Gasteiger partial charge on any atom is -0.508 e. The maximum atomic E-state index is 9.23. The van der Waals surface area contributed by atoms with Crippen molar-refractivity contribution in [2.45, 2.75) is 0 Å². The molecule has 1 N–H and O–H groups in total. The molecule has 0 radical (unpaired) electrons.